The number of nitrogens with zero attached hydrogens (tertiary/aromatic N) is 3. The molecule has 2 aliphatic rings. The van der Waals surface area contributed by atoms with Crippen molar-refractivity contribution < 1.29 is 9.13 Å². The Labute approximate surface area is 171 Å². The summed E-state index contributed by atoms with van der Waals surface area (Å²) in [7, 11) is 0. The zero-order valence-electron chi connectivity index (χ0n) is 15.3. The van der Waals surface area contributed by atoms with Gasteiger partial charge in [-0.2, -0.15) is 0 Å². The third kappa shape index (κ3) is 3.37. The van der Waals surface area contributed by atoms with Gasteiger partial charge in [-0.05, 0) is 43.0 Å². The van der Waals surface area contributed by atoms with Crippen molar-refractivity contribution in [3.05, 3.63) is 45.8 Å². The molecule has 28 heavy (non-hydrogen) atoms. The molecule has 3 heterocycles. The van der Waals surface area contributed by atoms with Crippen LogP contribution in [0.3, 0.4) is 0 Å². The van der Waals surface area contributed by atoms with E-state index in [0.29, 0.717) is 11.7 Å². The molecule has 1 unspecified atom stereocenters. The number of anilines is 2. The first-order valence-electron chi connectivity index (χ1n) is 9.48. The van der Waals surface area contributed by atoms with Crippen molar-refractivity contribution in [2.75, 3.05) is 31.6 Å². The number of hydrogen-bond acceptors (Lipinski definition) is 6. The molecule has 0 amide bonds. The molecule has 1 N–H and O–H groups in total. The Morgan fingerprint density at radius 3 is 2.93 bits per heavy atom. The summed E-state index contributed by atoms with van der Waals surface area (Å²) in [6, 6.07) is 5.18. The fraction of sp³-hybridized carbons (Fsp3) is 0.400. The van der Waals surface area contributed by atoms with Crippen LogP contribution >= 0.6 is 22.9 Å². The maximum absolute atomic E-state index is 13.5. The lowest BCUT2D eigenvalue weighted by Gasteiger charge is -2.36. The molecule has 1 fully saturated rings. The maximum atomic E-state index is 13.5. The zero-order chi connectivity index (χ0) is 19.1. The Bertz CT molecular complexity index is 1020. The summed E-state index contributed by atoms with van der Waals surface area (Å²) >= 11 is 7.69. The molecule has 1 atom stereocenters. The van der Waals surface area contributed by atoms with Gasteiger partial charge in [-0.1, -0.05) is 11.6 Å². The molecule has 146 valence electrons. The van der Waals surface area contributed by atoms with Crippen molar-refractivity contribution in [3.8, 4) is 0 Å². The van der Waals surface area contributed by atoms with Crippen molar-refractivity contribution in [2.24, 2.45) is 0 Å². The van der Waals surface area contributed by atoms with Crippen molar-refractivity contribution in [1.82, 2.24) is 14.9 Å². The normalized spacial score (nSPS) is 20.3. The predicted octanol–water partition coefficient (Wildman–Crippen LogP) is 4.42. The minimum absolute atomic E-state index is 0.0935. The number of aryl methyl sites for hydroxylation is 1. The highest BCUT2D eigenvalue weighted by Crippen LogP contribution is 2.40. The summed E-state index contributed by atoms with van der Waals surface area (Å²) in [6.45, 7) is 3.69. The number of nitrogens with one attached hydrogen (secondary N) is 1. The van der Waals surface area contributed by atoms with Gasteiger partial charge in [-0.15, -0.1) is 11.3 Å². The van der Waals surface area contributed by atoms with Crippen LogP contribution in [0.5, 0.6) is 0 Å². The second-order valence-electron chi connectivity index (χ2n) is 7.21. The molecule has 2 aromatic heterocycles. The van der Waals surface area contributed by atoms with Gasteiger partial charge in [0, 0.05) is 29.7 Å². The van der Waals surface area contributed by atoms with Gasteiger partial charge in [0.05, 0.1) is 23.6 Å². The van der Waals surface area contributed by atoms with Crippen molar-refractivity contribution in [1.29, 1.82) is 0 Å². The summed E-state index contributed by atoms with van der Waals surface area (Å²) in [5.41, 5.74) is 2.06. The molecule has 1 saturated heterocycles. The Morgan fingerprint density at radius 2 is 2.11 bits per heavy atom. The van der Waals surface area contributed by atoms with E-state index in [2.05, 4.69) is 20.2 Å². The van der Waals surface area contributed by atoms with Crippen LogP contribution in [0.15, 0.2) is 24.5 Å². The second kappa shape index (κ2) is 7.55. The van der Waals surface area contributed by atoms with Gasteiger partial charge in [-0.25, -0.2) is 14.4 Å². The highest BCUT2D eigenvalue weighted by molar-refractivity contribution is 7.19. The number of halogens is 2. The summed E-state index contributed by atoms with van der Waals surface area (Å²) in [4.78, 5) is 13.9. The van der Waals surface area contributed by atoms with Gasteiger partial charge in [0.1, 0.15) is 22.8 Å². The Morgan fingerprint density at radius 1 is 1.25 bits per heavy atom. The lowest BCUT2D eigenvalue weighted by molar-refractivity contribution is 0.0140. The number of thiophene rings is 1. The van der Waals surface area contributed by atoms with E-state index in [9.17, 15) is 4.39 Å². The summed E-state index contributed by atoms with van der Waals surface area (Å²) in [5, 5.41) is 4.48. The molecule has 1 aliphatic carbocycles. The van der Waals surface area contributed by atoms with Crippen LogP contribution < -0.4 is 5.32 Å². The number of fused-ring (bicyclic) bond motifs is 3. The number of rotatable bonds is 3. The summed E-state index contributed by atoms with van der Waals surface area (Å²) in [5.74, 6) is 0.331. The van der Waals surface area contributed by atoms with E-state index in [0.717, 1.165) is 61.6 Å². The highest BCUT2D eigenvalue weighted by atomic mass is 35.5. The zero-order valence-corrected chi connectivity index (χ0v) is 16.8. The third-order valence-corrected chi connectivity index (χ3v) is 7.02. The second-order valence-corrected chi connectivity index (χ2v) is 8.70. The molecule has 5 nitrogen and oxygen atoms in total. The molecule has 8 heteroatoms. The number of hydrogen-bond donors (Lipinski definition) is 1. The Hall–Kier alpha value is -1.80. The Balaban J connectivity index is 1.46. The summed E-state index contributed by atoms with van der Waals surface area (Å²) in [6.07, 6.45) is 4.79. The van der Waals surface area contributed by atoms with Crippen LogP contribution in [0.4, 0.5) is 15.9 Å². The van der Waals surface area contributed by atoms with Crippen molar-refractivity contribution >= 4 is 44.7 Å². The van der Waals surface area contributed by atoms with Gasteiger partial charge in [0.15, 0.2) is 0 Å². The van der Waals surface area contributed by atoms with E-state index in [4.69, 9.17) is 16.3 Å². The third-order valence-electron chi connectivity index (χ3n) is 5.56. The van der Waals surface area contributed by atoms with Gasteiger partial charge < -0.3 is 10.1 Å². The minimum Gasteiger partial charge on any atom is -0.379 e. The Kier molecular flexibility index (Phi) is 4.92. The van der Waals surface area contributed by atoms with E-state index >= 15 is 0 Å². The average molecular weight is 419 g/mol. The number of aromatic nitrogens is 2. The van der Waals surface area contributed by atoms with Gasteiger partial charge in [-0.3, -0.25) is 4.90 Å². The summed E-state index contributed by atoms with van der Waals surface area (Å²) < 4.78 is 19.0. The standard InChI is InChI=1S/C20H20ClFN4OS/c21-15-9-12(1-4-16(15)22)25-19-18-14-3-2-13(26-5-7-27-8-6-26)10-17(14)28-20(18)24-11-23-19/h1,4,9,11,13H,2-3,5-8,10H2,(H,23,24,25). The first-order chi connectivity index (χ1) is 13.7. The van der Waals surface area contributed by atoms with Crippen LogP contribution in [0.25, 0.3) is 10.2 Å². The monoisotopic (exact) mass is 418 g/mol. The van der Waals surface area contributed by atoms with E-state index < -0.39 is 5.82 Å². The minimum atomic E-state index is -0.429. The van der Waals surface area contributed by atoms with E-state index in [1.807, 2.05) is 0 Å². The van der Waals surface area contributed by atoms with Crippen LogP contribution in [-0.4, -0.2) is 47.2 Å². The lowest BCUT2D eigenvalue weighted by atomic mass is 9.91. The lowest BCUT2D eigenvalue weighted by Crippen LogP contribution is -2.45. The van der Waals surface area contributed by atoms with Gasteiger partial charge in [0.2, 0.25) is 0 Å². The van der Waals surface area contributed by atoms with Crippen LogP contribution in [0.1, 0.15) is 16.9 Å². The molecule has 0 saturated carbocycles. The maximum Gasteiger partial charge on any atom is 0.142 e. The molecular formula is C20H20ClFN4OS. The number of benzene rings is 1. The molecule has 1 aliphatic heterocycles. The van der Waals surface area contributed by atoms with Crippen LogP contribution in [0.2, 0.25) is 5.02 Å². The highest BCUT2D eigenvalue weighted by Gasteiger charge is 2.29. The fourth-order valence-corrected chi connectivity index (χ4v) is 5.59. The average Bonchev–Trinajstić information content (AvgIpc) is 3.10. The fourth-order valence-electron chi connectivity index (χ4n) is 4.15. The van der Waals surface area contributed by atoms with Gasteiger partial charge >= 0.3 is 0 Å². The van der Waals surface area contributed by atoms with E-state index in [-0.39, 0.29) is 5.02 Å². The smallest absolute Gasteiger partial charge is 0.142 e. The molecule has 0 radical (unpaired) electrons. The topological polar surface area (TPSA) is 50.3 Å². The largest absolute Gasteiger partial charge is 0.379 e. The number of ether oxygens (including phenoxy) is 1. The van der Waals surface area contributed by atoms with Gasteiger partial charge in [0.25, 0.3) is 0 Å². The van der Waals surface area contributed by atoms with E-state index in [1.54, 1.807) is 29.8 Å². The van der Waals surface area contributed by atoms with Crippen LogP contribution in [0, 0.1) is 5.82 Å². The molecule has 0 bridgehead atoms. The first kappa shape index (κ1) is 18.2. The van der Waals surface area contributed by atoms with Crippen molar-refractivity contribution in [3.63, 3.8) is 0 Å². The van der Waals surface area contributed by atoms with E-state index in [1.165, 1.54) is 16.5 Å². The van der Waals surface area contributed by atoms with Crippen LogP contribution in [-0.2, 0) is 17.6 Å². The molecular weight excluding hydrogens is 399 g/mol. The molecule has 3 aromatic rings. The molecule has 1 aromatic carbocycles. The predicted molar refractivity (Wildman–Crippen MR) is 110 cm³/mol. The molecule has 5 rings (SSSR count). The quantitative estimate of drug-likeness (QED) is 0.682. The SMILES string of the molecule is Fc1ccc(Nc2ncnc3sc4c(c23)CCC(N2CCOCC2)C4)cc1Cl. The first-order valence-corrected chi connectivity index (χ1v) is 10.7. The number of morpholine rings is 1. The molecule has 0 spiro atoms. The van der Waals surface area contributed by atoms with Crippen molar-refractivity contribution in [2.45, 2.75) is 25.3 Å².